The number of fused-ring (bicyclic) bond motifs is 1. The number of urea groups is 1. The second-order valence-electron chi connectivity index (χ2n) is 8.15. The predicted molar refractivity (Wildman–Crippen MR) is 116 cm³/mol. The molecule has 8 heteroatoms. The van der Waals surface area contributed by atoms with Crippen molar-refractivity contribution in [2.24, 2.45) is 5.92 Å². The quantitative estimate of drug-likeness (QED) is 0.643. The summed E-state index contributed by atoms with van der Waals surface area (Å²) >= 11 is 0. The molecule has 0 bridgehead atoms. The van der Waals surface area contributed by atoms with E-state index in [-0.39, 0.29) is 24.0 Å². The van der Waals surface area contributed by atoms with E-state index in [1.807, 2.05) is 58.1 Å². The molecule has 31 heavy (non-hydrogen) atoms. The molecular formula is C23H25N5O3. The standard InChI is InChI=1S/C23H25N5O3/c29-22(17-1-2-17)28-11-8-20(15-28)31-19-5-3-18(4-6-19)26-23(30)25-14-16-7-10-27-12-9-24-21(27)13-16/h3-7,9-10,12-13,17,20H,1-2,8,11,14-15H2,(H2,25,26,30)/t20-/m1/s1. The lowest BCUT2D eigenvalue weighted by molar-refractivity contribution is -0.131. The summed E-state index contributed by atoms with van der Waals surface area (Å²) < 4.78 is 7.94. The molecule has 0 spiro atoms. The van der Waals surface area contributed by atoms with Crippen molar-refractivity contribution < 1.29 is 14.3 Å². The third-order valence-electron chi connectivity index (χ3n) is 5.71. The molecule has 1 atom stereocenters. The minimum absolute atomic E-state index is 0.0252. The number of nitrogens with zero attached hydrogens (tertiary/aromatic N) is 3. The van der Waals surface area contributed by atoms with Crippen LogP contribution in [-0.4, -0.2) is 45.4 Å². The second kappa shape index (κ2) is 8.29. The lowest BCUT2D eigenvalue weighted by atomic mass is 10.2. The van der Waals surface area contributed by atoms with Gasteiger partial charge in [0.2, 0.25) is 5.91 Å². The molecule has 2 aliphatic rings. The van der Waals surface area contributed by atoms with Crippen LogP contribution >= 0.6 is 0 Å². The molecule has 8 nitrogen and oxygen atoms in total. The first-order valence-electron chi connectivity index (χ1n) is 10.7. The first-order chi connectivity index (χ1) is 15.1. The fraction of sp³-hybridized carbons (Fsp3) is 0.348. The van der Waals surface area contributed by atoms with Crippen molar-refractivity contribution in [3.63, 3.8) is 0 Å². The summed E-state index contributed by atoms with van der Waals surface area (Å²) in [7, 11) is 0. The van der Waals surface area contributed by atoms with Gasteiger partial charge in [0.05, 0.1) is 6.54 Å². The van der Waals surface area contributed by atoms with Gasteiger partial charge in [0.1, 0.15) is 17.5 Å². The average molecular weight is 419 g/mol. The Hall–Kier alpha value is -3.55. The van der Waals surface area contributed by atoms with Gasteiger partial charge in [-0.3, -0.25) is 4.79 Å². The van der Waals surface area contributed by atoms with Crippen LogP contribution in [0.3, 0.4) is 0 Å². The summed E-state index contributed by atoms with van der Waals surface area (Å²) in [5.74, 6) is 1.27. The predicted octanol–water partition coefficient (Wildman–Crippen LogP) is 3.05. The van der Waals surface area contributed by atoms with Crippen LogP contribution in [0.4, 0.5) is 10.5 Å². The Labute approximate surface area is 180 Å². The summed E-state index contributed by atoms with van der Waals surface area (Å²) in [5.41, 5.74) is 2.51. The second-order valence-corrected chi connectivity index (χ2v) is 8.15. The molecule has 1 aromatic carbocycles. The topological polar surface area (TPSA) is 88.0 Å². The smallest absolute Gasteiger partial charge is 0.319 e. The monoisotopic (exact) mass is 419 g/mol. The van der Waals surface area contributed by atoms with E-state index in [9.17, 15) is 9.59 Å². The number of imidazole rings is 1. The first-order valence-corrected chi connectivity index (χ1v) is 10.7. The van der Waals surface area contributed by atoms with Gasteiger partial charge < -0.3 is 24.7 Å². The van der Waals surface area contributed by atoms with E-state index in [2.05, 4.69) is 15.6 Å². The van der Waals surface area contributed by atoms with Crippen molar-refractivity contribution in [2.45, 2.75) is 31.9 Å². The number of nitrogens with one attached hydrogen (secondary N) is 2. The first kappa shape index (κ1) is 19.4. The summed E-state index contributed by atoms with van der Waals surface area (Å²) in [6.45, 7) is 1.84. The van der Waals surface area contributed by atoms with Crippen molar-refractivity contribution in [2.75, 3.05) is 18.4 Å². The van der Waals surface area contributed by atoms with Crippen molar-refractivity contribution >= 4 is 23.3 Å². The van der Waals surface area contributed by atoms with E-state index in [0.717, 1.165) is 42.8 Å². The van der Waals surface area contributed by atoms with Crippen LogP contribution in [0.25, 0.3) is 5.65 Å². The summed E-state index contributed by atoms with van der Waals surface area (Å²) in [6, 6.07) is 10.9. The van der Waals surface area contributed by atoms with Gasteiger partial charge in [0, 0.05) is 49.7 Å². The Morgan fingerprint density at radius 2 is 1.94 bits per heavy atom. The van der Waals surface area contributed by atoms with Crippen molar-refractivity contribution in [1.82, 2.24) is 19.6 Å². The summed E-state index contributed by atoms with van der Waals surface area (Å²) in [5, 5.41) is 5.68. The number of amides is 3. The molecule has 1 aliphatic heterocycles. The maximum Gasteiger partial charge on any atom is 0.319 e. The fourth-order valence-electron chi connectivity index (χ4n) is 3.84. The number of aromatic nitrogens is 2. The molecule has 2 N–H and O–H groups in total. The van der Waals surface area contributed by atoms with E-state index >= 15 is 0 Å². The number of hydrogen-bond acceptors (Lipinski definition) is 4. The van der Waals surface area contributed by atoms with Crippen LogP contribution in [0.15, 0.2) is 55.0 Å². The van der Waals surface area contributed by atoms with E-state index in [1.54, 1.807) is 6.20 Å². The van der Waals surface area contributed by atoms with E-state index in [4.69, 9.17) is 4.74 Å². The maximum absolute atomic E-state index is 12.2. The summed E-state index contributed by atoms with van der Waals surface area (Å²) in [6.07, 6.45) is 8.47. The molecule has 3 amide bonds. The number of benzene rings is 1. The van der Waals surface area contributed by atoms with Crippen LogP contribution in [0.1, 0.15) is 24.8 Å². The summed E-state index contributed by atoms with van der Waals surface area (Å²) in [4.78, 5) is 30.5. The molecule has 3 heterocycles. The Morgan fingerprint density at radius 1 is 1.10 bits per heavy atom. The normalized spacial score (nSPS) is 18.2. The van der Waals surface area contributed by atoms with Crippen LogP contribution < -0.4 is 15.4 Å². The number of carbonyl (C=O) groups is 2. The Bertz CT molecular complexity index is 1090. The van der Waals surface area contributed by atoms with Crippen LogP contribution in [-0.2, 0) is 11.3 Å². The van der Waals surface area contributed by atoms with E-state index < -0.39 is 0 Å². The lowest BCUT2D eigenvalue weighted by Gasteiger charge is -2.17. The molecular weight excluding hydrogens is 394 g/mol. The third kappa shape index (κ3) is 4.63. The minimum atomic E-state index is -0.276. The van der Waals surface area contributed by atoms with Gasteiger partial charge in [0.15, 0.2) is 0 Å². The van der Waals surface area contributed by atoms with E-state index in [0.29, 0.717) is 18.8 Å². The average Bonchev–Trinajstić information content (AvgIpc) is 3.34. The highest BCUT2D eigenvalue weighted by molar-refractivity contribution is 5.89. The maximum atomic E-state index is 12.2. The third-order valence-corrected chi connectivity index (χ3v) is 5.71. The van der Waals surface area contributed by atoms with Crippen molar-refractivity contribution in [1.29, 1.82) is 0 Å². The number of likely N-dealkylation sites (tertiary alicyclic amines) is 1. The molecule has 3 aromatic rings. The zero-order valence-electron chi connectivity index (χ0n) is 17.2. The van der Waals surface area contributed by atoms with Gasteiger partial charge in [0.25, 0.3) is 0 Å². The van der Waals surface area contributed by atoms with E-state index in [1.165, 1.54) is 0 Å². The number of carbonyl (C=O) groups excluding carboxylic acids is 2. The van der Waals surface area contributed by atoms with Gasteiger partial charge >= 0.3 is 6.03 Å². The number of ether oxygens (including phenoxy) is 1. The number of anilines is 1. The van der Waals surface area contributed by atoms with Crippen LogP contribution in [0, 0.1) is 5.92 Å². The molecule has 0 radical (unpaired) electrons. The SMILES string of the molecule is O=C(NCc1ccn2ccnc2c1)Nc1ccc(O[C@@H]2CCN(C(=O)C3CC3)C2)cc1. The van der Waals surface area contributed by atoms with Crippen LogP contribution in [0.5, 0.6) is 5.75 Å². The molecule has 1 saturated carbocycles. The highest BCUT2D eigenvalue weighted by Gasteiger charge is 2.37. The van der Waals surface area contributed by atoms with Gasteiger partial charge in [-0.2, -0.15) is 0 Å². The van der Waals surface area contributed by atoms with Crippen molar-refractivity contribution in [3.8, 4) is 5.75 Å². The molecule has 160 valence electrons. The molecule has 2 aromatic heterocycles. The molecule has 1 saturated heterocycles. The molecule has 0 unspecified atom stereocenters. The van der Waals surface area contributed by atoms with Gasteiger partial charge in [-0.05, 0) is 54.8 Å². The largest absolute Gasteiger partial charge is 0.489 e. The fourth-order valence-corrected chi connectivity index (χ4v) is 3.84. The van der Waals surface area contributed by atoms with Gasteiger partial charge in [-0.15, -0.1) is 0 Å². The number of pyridine rings is 1. The minimum Gasteiger partial charge on any atom is -0.489 e. The van der Waals surface area contributed by atoms with Crippen LogP contribution in [0.2, 0.25) is 0 Å². The Balaban J connectivity index is 1.09. The van der Waals surface area contributed by atoms with Gasteiger partial charge in [-0.25, -0.2) is 9.78 Å². The Morgan fingerprint density at radius 3 is 2.74 bits per heavy atom. The molecule has 5 rings (SSSR count). The molecule has 2 fully saturated rings. The zero-order valence-corrected chi connectivity index (χ0v) is 17.2. The number of rotatable bonds is 6. The lowest BCUT2D eigenvalue weighted by Crippen LogP contribution is -2.31. The Kier molecular flexibility index (Phi) is 5.19. The zero-order chi connectivity index (χ0) is 21.2. The van der Waals surface area contributed by atoms with Crippen molar-refractivity contribution in [3.05, 3.63) is 60.6 Å². The van der Waals surface area contributed by atoms with Gasteiger partial charge in [-0.1, -0.05) is 0 Å². The molecule has 1 aliphatic carbocycles. The highest BCUT2D eigenvalue weighted by atomic mass is 16.5. The highest BCUT2D eigenvalue weighted by Crippen LogP contribution is 2.32. The number of hydrogen-bond donors (Lipinski definition) is 2.